The zero-order valence-corrected chi connectivity index (χ0v) is 19.8. The molecule has 0 atom stereocenters. The van der Waals surface area contributed by atoms with Gasteiger partial charge in [-0.2, -0.15) is 0 Å². The molecule has 0 aliphatic heterocycles. The van der Waals surface area contributed by atoms with Gasteiger partial charge in [0.05, 0.1) is 19.4 Å². The van der Waals surface area contributed by atoms with Crippen molar-refractivity contribution in [3.63, 3.8) is 0 Å². The molecule has 0 aliphatic rings. The molecule has 0 saturated carbocycles. The number of aryl methyl sites for hydroxylation is 1. The summed E-state index contributed by atoms with van der Waals surface area (Å²) in [6.45, 7) is 2.07. The van der Waals surface area contributed by atoms with Crippen LogP contribution in [0.15, 0.2) is 52.9 Å². The maximum Gasteiger partial charge on any atom is 0.243 e. The Bertz CT molecular complexity index is 1060. The van der Waals surface area contributed by atoms with Gasteiger partial charge in [0.2, 0.25) is 16.9 Å². The second-order valence-corrected chi connectivity index (χ2v) is 9.07. The molecule has 0 radical (unpaired) electrons. The molecule has 3 rings (SSSR count). The molecule has 0 fully saturated rings. The highest BCUT2D eigenvalue weighted by Crippen LogP contribution is 2.28. The summed E-state index contributed by atoms with van der Waals surface area (Å²) in [4.78, 5) is 26.0. The number of amides is 2. The number of anilines is 3. The number of methoxy groups -OCH3 is 1. The van der Waals surface area contributed by atoms with Crippen LogP contribution in [-0.2, 0) is 16.0 Å². The first-order valence-electron chi connectivity index (χ1n) is 9.97. The molecule has 10 heteroatoms. The van der Waals surface area contributed by atoms with Crippen molar-refractivity contribution in [1.29, 1.82) is 0 Å². The number of carbonyl (C=O) groups excluding carboxylic acids is 2. The fourth-order valence-corrected chi connectivity index (χ4v) is 4.42. The van der Waals surface area contributed by atoms with Gasteiger partial charge in [-0.25, -0.2) is 0 Å². The van der Waals surface area contributed by atoms with Gasteiger partial charge in [-0.05, 0) is 36.2 Å². The Kier molecular flexibility index (Phi) is 8.46. The predicted molar refractivity (Wildman–Crippen MR) is 129 cm³/mol. The lowest BCUT2D eigenvalue weighted by atomic mass is 10.1. The highest BCUT2D eigenvalue weighted by atomic mass is 32.2. The van der Waals surface area contributed by atoms with Gasteiger partial charge in [0.1, 0.15) is 5.75 Å². The SMILES string of the molecule is CCc1ccc(Nc2nnc(SCC(=O)N(C)CC(=O)Nc3cccc(OC)c3)s2)cc1. The Labute approximate surface area is 195 Å². The highest BCUT2D eigenvalue weighted by Gasteiger charge is 2.15. The topological polar surface area (TPSA) is 96.5 Å². The Morgan fingerprint density at radius 3 is 2.62 bits per heavy atom. The standard InChI is InChI=1S/C22H25N5O3S2/c1-4-15-8-10-16(11-9-15)24-21-25-26-22(32-21)31-14-20(29)27(2)13-19(28)23-17-6-5-7-18(12-17)30-3/h5-12H,4,13-14H2,1-3H3,(H,23,28)(H,24,25). The van der Waals surface area contributed by atoms with E-state index in [9.17, 15) is 9.59 Å². The van der Waals surface area contributed by atoms with Crippen LogP contribution in [0.25, 0.3) is 0 Å². The molecule has 0 aliphatic carbocycles. The minimum absolute atomic E-state index is 0.0483. The van der Waals surface area contributed by atoms with Crippen molar-refractivity contribution in [2.45, 2.75) is 17.7 Å². The number of thioether (sulfide) groups is 1. The van der Waals surface area contributed by atoms with Gasteiger partial charge < -0.3 is 20.3 Å². The van der Waals surface area contributed by atoms with Crippen LogP contribution in [0.2, 0.25) is 0 Å². The van der Waals surface area contributed by atoms with Crippen LogP contribution >= 0.6 is 23.1 Å². The molecule has 3 aromatic rings. The highest BCUT2D eigenvalue weighted by molar-refractivity contribution is 8.01. The van der Waals surface area contributed by atoms with Crippen LogP contribution in [-0.4, -0.2) is 53.4 Å². The molecule has 168 valence electrons. The molecular formula is C22H25N5O3S2. The van der Waals surface area contributed by atoms with E-state index in [4.69, 9.17) is 4.74 Å². The molecule has 1 aromatic heterocycles. The van der Waals surface area contributed by atoms with E-state index in [0.29, 0.717) is 20.9 Å². The summed E-state index contributed by atoms with van der Waals surface area (Å²) in [6, 6.07) is 15.2. The van der Waals surface area contributed by atoms with Crippen molar-refractivity contribution >= 4 is 51.4 Å². The normalized spacial score (nSPS) is 10.5. The van der Waals surface area contributed by atoms with Crippen molar-refractivity contribution in [3.8, 4) is 5.75 Å². The molecule has 8 nitrogen and oxygen atoms in total. The van der Waals surface area contributed by atoms with Crippen molar-refractivity contribution < 1.29 is 14.3 Å². The van der Waals surface area contributed by atoms with E-state index in [2.05, 4.69) is 39.9 Å². The number of nitrogens with zero attached hydrogens (tertiary/aromatic N) is 3. The van der Waals surface area contributed by atoms with Gasteiger partial charge in [-0.1, -0.05) is 48.2 Å². The quantitative estimate of drug-likeness (QED) is 0.431. The Balaban J connectivity index is 1.44. The Morgan fingerprint density at radius 2 is 1.91 bits per heavy atom. The molecule has 0 bridgehead atoms. The van der Waals surface area contributed by atoms with Gasteiger partial charge in [0.25, 0.3) is 0 Å². The van der Waals surface area contributed by atoms with E-state index in [-0.39, 0.29) is 24.1 Å². The largest absolute Gasteiger partial charge is 0.497 e. The van der Waals surface area contributed by atoms with Crippen molar-refractivity contribution in [1.82, 2.24) is 15.1 Å². The number of aromatic nitrogens is 2. The fourth-order valence-electron chi connectivity index (χ4n) is 2.70. The number of rotatable bonds is 10. The minimum atomic E-state index is -0.282. The molecule has 0 saturated heterocycles. The van der Waals surface area contributed by atoms with Crippen LogP contribution < -0.4 is 15.4 Å². The van der Waals surface area contributed by atoms with Gasteiger partial charge >= 0.3 is 0 Å². The predicted octanol–water partition coefficient (Wildman–Crippen LogP) is 4.04. The zero-order chi connectivity index (χ0) is 22.9. The monoisotopic (exact) mass is 471 g/mol. The summed E-state index contributed by atoms with van der Waals surface area (Å²) in [5.74, 6) is 0.363. The number of carbonyl (C=O) groups is 2. The summed E-state index contributed by atoms with van der Waals surface area (Å²) in [7, 11) is 3.16. The van der Waals surface area contributed by atoms with Crippen molar-refractivity contribution in [2.75, 3.05) is 37.1 Å². The van der Waals surface area contributed by atoms with Crippen LogP contribution in [0.1, 0.15) is 12.5 Å². The van der Waals surface area contributed by atoms with E-state index in [1.807, 2.05) is 12.1 Å². The van der Waals surface area contributed by atoms with Gasteiger partial charge in [-0.15, -0.1) is 10.2 Å². The van der Waals surface area contributed by atoms with E-state index < -0.39 is 0 Å². The molecule has 1 heterocycles. The smallest absolute Gasteiger partial charge is 0.243 e. The number of hydrogen-bond acceptors (Lipinski definition) is 8. The molecule has 2 N–H and O–H groups in total. The third-order valence-electron chi connectivity index (χ3n) is 4.50. The second-order valence-electron chi connectivity index (χ2n) is 6.87. The molecular weight excluding hydrogens is 446 g/mol. The van der Waals surface area contributed by atoms with E-state index in [0.717, 1.165) is 12.1 Å². The maximum absolute atomic E-state index is 12.4. The van der Waals surface area contributed by atoms with Gasteiger partial charge in [0, 0.05) is 24.5 Å². The van der Waals surface area contributed by atoms with E-state index in [1.165, 1.54) is 33.6 Å². The summed E-state index contributed by atoms with van der Waals surface area (Å²) in [5.41, 5.74) is 2.82. The Hall–Kier alpha value is -3.11. The van der Waals surface area contributed by atoms with Crippen molar-refractivity contribution in [3.05, 3.63) is 54.1 Å². The third-order valence-corrected chi connectivity index (χ3v) is 6.46. The van der Waals surface area contributed by atoms with Crippen molar-refractivity contribution in [2.24, 2.45) is 0 Å². The lowest BCUT2D eigenvalue weighted by Gasteiger charge is -2.16. The van der Waals surface area contributed by atoms with E-state index >= 15 is 0 Å². The molecule has 2 amide bonds. The fraction of sp³-hybridized carbons (Fsp3) is 0.273. The number of ether oxygens (including phenoxy) is 1. The maximum atomic E-state index is 12.4. The Morgan fingerprint density at radius 1 is 1.12 bits per heavy atom. The molecule has 2 aromatic carbocycles. The zero-order valence-electron chi connectivity index (χ0n) is 18.1. The average molecular weight is 472 g/mol. The molecule has 0 unspecified atom stereocenters. The van der Waals surface area contributed by atoms with Gasteiger partial charge in [0.15, 0.2) is 4.34 Å². The summed E-state index contributed by atoms with van der Waals surface area (Å²) >= 11 is 2.67. The van der Waals surface area contributed by atoms with Crippen LogP contribution in [0.3, 0.4) is 0 Å². The summed E-state index contributed by atoms with van der Waals surface area (Å²) < 4.78 is 5.82. The van der Waals surface area contributed by atoms with Crippen LogP contribution in [0.5, 0.6) is 5.75 Å². The molecule has 32 heavy (non-hydrogen) atoms. The average Bonchev–Trinajstić information content (AvgIpc) is 3.25. The van der Waals surface area contributed by atoms with Crippen LogP contribution in [0.4, 0.5) is 16.5 Å². The first-order chi connectivity index (χ1) is 15.5. The lowest BCUT2D eigenvalue weighted by molar-refractivity contribution is -0.131. The first-order valence-corrected chi connectivity index (χ1v) is 11.8. The summed E-state index contributed by atoms with van der Waals surface area (Å²) in [6.07, 6.45) is 0.991. The number of nitrogens with one attached hydrogen (secondary N) is 2. The van der Waals surface area contributed by atoms with Crippen LogP contribution in [0, 0.1) is 0 Å². The third kappa shape index (κ3) is 6.96. The lowest BCUT2D eigenvalue weighted by Crippen LogP contribution is -2.35. The minimum Gasteiger partial charge on any atom is -0.497 e. The van der Waals surface area contributed by atoms with E-state index in [1.54, 1.807) is 38.4 Å². The molecule has 0 spiro atoms. The number of likely N-dealkylation sites (N-methyl/N-ethyl adjacent to an activating group) is 1. The van der Waals surface area contributed by atoms with Gasteiger partial charge in [-0.3, -0.25) is 9.59 Å². The number of benzene rings is 2. The first kappa shape index (κ1) is 23.6. The summed E-state index contributed by atoms with van der Waals surface area (Å²) in [5, 5.41) is 14.9. The second kappa shape index (κ2) is 11.5. The number of hydrogen-bond donors (Lipinski definition) is 2.